The molecule has 1 amide bonds. The van der Waals surface area contributed by atoms with Crippen molar-refractivity contribution in [3.8, 4) is 17.2 Å². The van der Waals surface area contributed by atoms with Crippen molar-refractivity contribution in [2.45, 2.75) is 4.90 Å². The fraction of sp³-hybridized carbons (Fsp3) is 0.222. The first-order valence-corrected chi connectivity index (χ1v) is 9.63. The van der Waals surface area contributed by atoms with E-state index >= 15 is 0 Å². The van der Waals surface area contributed by atoms with Crippen LogP contribution >= 0.6 is 0 Å². The second kappa shape index (κ2) is 9.26. The Morgan fingerprint density at radius 3 is 2.10 bits per heavy atom. The molecule has 0 aliphatic heterocycles. The maximum Gasteiger partial charge on any atom is 0.342 e. The molecule has 0 saturated heterocycles. The molecule has 3 N–H and O–H groups in total. The monoisotopic (exact) mass is 424 g/mol. The summed E-state index contributed by atoms with van der Waals surface area (Å²) in [7, 11) is 0.189. The van der Waals surface area contributed by atoms with Crippen LogP contribution in [0.15, 0.2) is 41.3 Å². The number of benzene rings is 2. The number of carbonyl (C=O) groups excluding carboxylic acids is 2. The number of nitrogens with one attached hydrogen (secondary N) is 1. The number of primary sulfonamides is 1. The zero-order chi connectivity index (χ0) is 21.6. The topological polar surface area (TPSA) is 143 Å². The number of nitrogens with two attached hydrogens (primary N) is 1. The van der Waals surface area contributed by atoms with Crippen LogP contribution in [0.4, 0.5) is 5.69 Å². The number of amides is 1. The van der Waals surface area contributed by atoms with Crippen LogP contribution in [0.1, 0.15) is 10.4 Å². The Bertz CT molecular complexity index is 998. The van der Waals surface area contributed by atoms with Crippen LogP contribution in [0, 0.1) is 0 Å². The first kappa shape index (κ1) is 22.0. The van der Waals surface area contributed by atoms with Gasteiger partial charge >= 0.3 is 5.97 Å². The van der Waals surface area contributed by atoms with E-state index in [1.807, 2.05) is 0 Å². The second-order valence-electron chi connectivity index (χ2n) is 5.63. The Morgan fingerprint density at radius 1 is 0.966 bits per heavy atom. The number of rotatable bonds is 8. The molecular weight excluding hydrogens is 404 g/mol. The molecule has 29 heavy (non-hydrogen) atoms. The quantitative estimate of drug-likeness (QED) is 0.601. The van der Waals surface area contributed by atoms with Crippen molar-refractivity contribution >= 4 is 27.6 Å². The lowest BCUT2D eigenvalue weighted by Gasteiger charge is -2.11. The maximum absolute atomic E-state index is 12.3. The molecule has 0 aliphatic carbocycles. The minimum absolute atomic E-state index is 0.0698. The molecule has 11 heteroatoms. The lowest BCUT2D eigenvalue weighted by atomic mass is 10.2. The molecule has 0 spiro atoms. The molecule has 0 heterocycles. The summed E-state index contributed by atoms with van der Waals surface area (Å²) in [5.41, 5.74) is 0.186. The molecule has 2 rings (SSSR count). The number of sulfonamides is 1. The van der Waals surface area contributed by atoms with E-state index in [9.17, 15) is 18.0 Å². The summed E-state index contributed by atoms with van der Waals surface area (Å²) >= 11 is 0. The number of hydrogen-bond donors (Lipinski definition) is 2. The van der Waals surface area contributed by atoms with Gasteiger partial charge in [0.15, 0.2) is 6.61 Å². The van der Waals surface area contributed by atoms with E-state index in [0.717, 1.165) is 6.07 Å². The maximum atomic E-state index is 12.3. The van der Waals surface area contributed by atoms with Crippen LogP contribution in [-0.4, -0.2) is 48.2 Å². The number of hydrogen-bond acceptors (Lipinski definition) is 8. The van der Waals surface area contributed by atoms with Crippen molar-refractivity contribution in [1.82, 2.24) is 0 Å². The molecule has 156 valence electrons. The van der Waals surface area contributed by atoms with Crippen LogP contribution in [-0.2, 0) is 19.6 Å². The molecular formula is C18H20N2O8S. The zero-order valence-electron chi connectivity index (χ0n) is 15.9. The Kier molecular flexibility index (Phi) is 7.02. The smallest absolute Gasteiger partial charge is 0.342 e. The standard InChI is InChI=1S/C18H20N2O8S/c1-25-12-6-11(7-13(8-12)26-2)20-17(21)10-28-18(22)15-9-14(29(19,23)24)4-5-16(15)27-3/h4-9H,10H2,1-3H3,(H,20,21)(H2,19,23,24). The van der Waals surface area contributed by atoms with E-state index in [0.29, 0.717) is 17.2 Å². The van der Waals surface area contributed by atoms with Gasteiger partial charge in [-0.3, -0.25) is 4.79 Å². The summed E-state index contributed by atoms with van der Waals surface area (Å²) < 4.78 is 43.2. The minimum Gasteiger partial charge on any atom is -0.497 e. The SMILES string of the molecule is COc1cc(NC(=O)COC(=O)c2cc(S(N)(=O)=O)ccc2OC)cc(OC)c1. The molecule has 0 fully saturated rings. The van der Waals surface area contributed by atoms with E-state index in [1.54, 1.807) is 18.2 Å². The number of carbonyl (C=O) groups is 2. The predicted octanol–water partition coefficient (Wildman–Crippen LogP) is 1.16. The van der Waals surface area contributed by atoms with E-state index in [1.165, 1.54) is 33.5 Å². The molecule has 0 bridgehead atoms. The van der Waals surface area contributed by atoms with Crippen LogP contribution in [0.25, 0.3) is 0 Å². The van der Waals surface area contributed by atoms with E-state index in [2.05, 4.69) is 5.32 Å². The molecule has 0 unspecified atom stereocenters. The molecule has 0 aliphatic rings. The zero-order valence-corrected chi connectivity index (χ0v) is 16.7. The number of anilines is 1. The van der Waals surface area contributed by atoms with Gasteiger partial charge in [-0.25, -0.2) is 18.4 Å². The van der Waals surface area contributed by atoms with Crippen molar-refractivity contribution in [2.24, 2.45) is 5.14 Å². The van der Waals surface area contributed by atoms with Crippen molar-refractivity contribution in [2.75, 3.05) is 33.3 Å². The predicted molar refractivity (Wildman–Crippen MR) is 103 cm³/mol. The van der Waals surface area contributed by atoms with Gasteiger partial charge in [-0.2, -0.15) is 0 Å². The van der Waals surface area contributed by atoms with Crippen molar-refractivity contribution < 1.29 is 37.0 Å². The highest BCUT2D eigenvalue weighted by atomic mass is 32.2. The summed E-state index contributed by atoms with van der Waals surface area (Å²) in [6.07, 6.45) is 0. The van der Waals surface area contributed by atoms with E-state index in [-0.39, 0.29) is 16.2 Å². The third-order valence-corrected chi connectivity index (χ3v) is 4.60. The molecule has 2 aromatic carbocycles. The highest BCUT2D eigenvalue weighted by Crippen LogP contribution is 2.26. The Hall–Kier alpha value is -3.31. The van der Waals surface area contributed by atoms with Crippen molar-refractivity contribution in [3.63, 3.8) is 0 Å². The number of ether oxygens (including phenoxy) is 4. The normalized spacial score (nSPS) is 10.8. The summed E-state index contributed by atoms with van der Waals surface area (Å²) in [6.45, 7) is -0.624. The van der Waals surface area contributed by atoms with Crippen LogP contribution in [0.3, 0.4) is 0 Å². The number of methoxy groups -OCH3 is 3. The lowest BCUT2D eigenvalue weighted by Crippen LogP contribution is -2.21. The number of esters is 1. The van der Waals surface area contributed by atoms with Crippen molar-refractivity contribution in [1.29, 1.82) is 0 Å². The third kappa shape index (κ3) is 5.83. The highest BCUT2D eigenvalue weighted by Gasteiger charge is 2.19. The Balaban J connectivity index is 2.10. The van der Waals surface area contributed by atoms with Gasteiger partial charge in [0.05, 0.1) is 26.2 Å². The Labute approximate surface area is 167 Å². The van der Waals surface area contributed by atoms with Gasteiger partial charge in [0.1, 0.15) is 22.8 Å². The minimum atomic E-state index is -4.04. The second-order valence-corrected chi connectivity index (χ2v) is 7.19. The van der Waals surface area contributed by atoms with Gasteiger partial charge in [0.25, 0.3) is 5.91 Å². The average Bonchev–Trinajstić information content (AvgIpc) is 2.70. The van der Waals surface area contributed by atoms with Gasteiger partial charge < -0.3 is 24.3 Å². The van der Waals surface area contributed by atoms with Crippen LogP contribution in [0.5, 0.6) is 17.2 Å². The van der Waals surface area contributed by atoms with E-state index in [4.69, 9.17) is 24.1 Å². The lowest BCUT2D eigenvalue weighted by molar-refractivity contribution is -0.119. The molecule has 0 radical (unpaired) electrons. The van der Waals surface area contributed by atoms with Gasteiger partial charge in [-0.05, 0) is 18.2 Å². The van der Waals surface area contributed by atoms with Gasteiger partial charge in [0.2, 0.25) is 10.0 Å². The molecule has 0 saturated carbocycles. The van der Waals surface area contributed by atoms with Crippen LogP contribution < -0.4 is 24.7 Å². The van der Waals surface area contributed by atoms with Crippen molar-refractivity contribution in [3.05, 3.63) is 42.0 Å². The first-order chi connectivity index (χ1) is 13.7. The Morgan fingerprint density at radius 2 is 1.59 bits per heavy atom. The van der Waals surface area contributed by atoms with Gasteiger partial charge in [-0.1, -0.05) is 0 Å². The summed E-state index contributed by atoms with van der Waals surface area (Å²) in [5.74, 6) is -0.594. The van der Waals surface area contributed by atoms with Crippen LogP contribution in [0.2, 0.25) is 0 Å². The van der Waals surface area contributed by atoms with Gasteiger partial charge in [0, 0.05) is 23.9 Å². The summed E-state index contributed by atoms with van der Waals surface area (Å²) in [4.78, 5) is 24.1. The third-order valence-electron chi connectivity index (χ3n) is 3.69. The molecule has 2 aromatic rings. The average molecular weight is 424 g/mol. The summed E-state index contributed by atoms with van der Waals surface area (Å²) in [6, 6.07) is 8.20. The fourth-order valence-corrected chi connectivity index (χ4v) is 2.85. The molecule has 10 nitrogen and oxygen atoms in total. The fourth-order valence-electron chi connectivity index (χ4n) is 2.31. The summed E-state index contributed by atoms with van der Waals surface area (Å²) in [5, 5.41) is 7.61. The molecule has 0 atom stereocenters. The van der Waals surface area contributed by atoms with E-state index < -0.39 is 28.5 Å². The largest absolute Gasteiger partial charge is 0.497 e. The first-order valence-electron chi connectivity index (χ1n) is 8.08. The molecule has 0 aromatic heterocycles. The highest BCUT2D eigenvalue weighted by molar-refractivity contribution is 7.89. The van der Waals surface area contributed by atoms with Gasteiger partial charge in [-0.15, -0.1) is 0 Å².